The Balaban J connectivity index is 0. The number of hydrogen-bond acceptors (Lipinski definition) is 3. The van der Waals surface area contributed by atoms with E-state index in [-0.39, 0.29) is 19.4 Å². The monoisotopic (exact) mass is 134 g/mol. The summed E-state index contributed by atoms with van der Waals surface area (Å²) in [5, 5.41) is 7.83. The molecule has 0 heterocycles. The summed E-state index contributed by atoms with van der Waals surface area (Å²) in [7, 11) is 0. The van der Waals surface area contributed by atoms with Crippen molar-refractivity contribution >= 4 is 12.4 Å². The molecule has 54 valence electrons. The van der Waals surface area contributed by atoms with Gasteiger partial charge in [-0.3, -0.25) is 9.59 Å². The van der Waals surface area contributed by atoms with Gasteiger partial charge in [0.1, 0.15) is 0 Å². The Hall–Kier alpha value is -1.10. The number of carboxylic acid groups (broad SMARTS) is 1. The van der Waals surface area contributed by atoms with Crippen LogP contribution in [-0.2, 0) is 9.59 Å². The smallest absolute Gasteiger partial charge is 0.304 e. The third kappa shape index (κ3) is 45.9. The van der Waals surface area contributed by atoms with Crippen molar-refractivity contribution in [3.05, 3.63) is 0 Å². The summed E-state index contributed by atoms with van der Waals surface area (Å²) in [4.78, 5) is 18.1. The van der Waals surface area contributed by atoms with Gasteiger partial charge in [0.05, 0.1) is 6.42 Å². The van der Waals surface area contributed by atoms with Gasteiger partial charge in [-0.25, -0.2) is 0 Å². The van der Waals surface area contributed by atoms with E-state index in [2.05, 4.69) is 5.73 Å². The molecule has 0 aromatic heterocycles. The molecule has 0 saturated carbocycles. The summed E-state index contributed by atoms with van der Waals surface area (Å²) in [5.74, 6) is -0.836. The summed E-state index contributed by atoms with van der Waals surface area (Å²) >= 11 is 0. The molecule has 0 spiro atoms. The van der Waals surface area contributed by atoms with Crippen LogP contribution >= 0.6 is 0 Å². The van der Waals surface area contributed by atoms with Gasteiger partial charge in [0.25, 0.3) is 0 Å². The predicted octanol–water partition coefficient (Wildman–Crippen LogP) is -1.48. The Labute approximate surface area is 52.6 Å². The third-order valence-electron chi connectivity index (χ3n) is 0.358. The SMILES string of the molecule is NC=O.NCCC(=O)O. The molecule has 1 amide bonds. The highest BCUT2D eigenvalue weighted by molar-refractivity contribution is 5.66. The fourth-order valence-electron chi connectivity index (χ4n) is 0.123. The Kier molecular flexibility index (Phi) is 12.0. The lowest BCUT2D eigenvalue weighted by Crippen LogP contribution is -2.05. The first-order valence-electron chi connectivity index (χ1n) is 2.26. The molecule has 9 heavy (non-hydrogen) atoms. The van der Waals surface area contributed by atoms with Crippen molar-refractivity contribution in [2.45, 2.75) is 6.42 Å². The molecule has 0 aromatic carbocycles. The highest BCUT2D eigenvalue weighted by atomic mass is 16.4. The van der Waals surface area contributed by atoms with Gasteiger partial charge in [0.15, 0.2) is 0 Å². The number of primary amides is 1. The molecule has 0 radical (unpaired) electrons. The number of carboxylic acids is 1. The maximum absolute atomic E-state index is 9.52. The fourth-order valence-corrected chi connectivity index (χ4v) is 0.123. The van der Waals surface area contributed by atoms with Crippen LogP contribution in [0.3, 0.4) is 0 Å². The van der Waals surface area contributed by atoms with Crippen molar-refractivity contribution in [1.29, 1.82) is 0 Å². The quantitative estimate of drug-likeness (QED) is 0.400. The zero-order valence-electron chi connectivity index (χ0n) is 4.91. The number of hydrogen-bond donors (Lipinski definition) is 3. The van der Waals surface area contributed by atoms with Gasteiger partial charge in [-0.2, -0.15) is 0 Å². The first-order chi connectivity index (χ1) is 4.18. The van der Waals surface area contributed by atoms with E-state index in [4.69, 9.17) is 15.6 Å². The molecule has 0 saturated heterocycles. The molecule has 5 N–H and O–H groups in total. The van der Waals surface area contributed by atoms with Gasteiger partial charge < -0.3 is 16.6 Å². The number of rotatable bonds is 2. The molecule has 5 heteroatoms. The van der Waals surface area contributed by atoms with Crippen LogP contribution in [0.4, 0.5) is 0 Å². The molecule has 0 aliphatic heterocycles. The topological polar surface area (TPSA) is 106 Å². The van der Waals surface area contributed by atoms with Gasteiger partial charge in [0.2, 0.25) is 6.41 Å². The van der Waals surface area contributed by atoms with Crippen molar-refractivity contribution < 1.29 is 14.7 Å². The zero-order valence-corrected chi connectivity index (χ0v) is 4.91. The predicted molar refractivity (Wildman–Crippen MR) is 31.6 cm³/mol. The fraction of sp³-hybridized carbons (Fsp3) is 0.500. The van der Waals surface area contributed by atoms with Gasteiger partial charge in [0, 0.05) is 6.54 Å². The average Bonchev–Trinajstić information content (AvgIpc) is 1.67. The zero-order chi connectivity index (χ0) is 7.70. The van der Waals surface area contributed by atoms with E-state index in [0.29, 0.717) is 0 Å². The highest BCUT2D eigenvalue weighted by Crippen LogP contribution is 1.67. The van der Waals surface area contributed by atoms with Crippen molar-refractivity contribution in [3.63, 3.8) is 0 Å². The first kappa shape index (κ1) is 10.8. The molecular formula is C4H10N2O3. The minimum Gasteiger partial charge on any atom is -0.481 e. The molecule has 0 unspecified atom stereocenters. The molecule has 0 bridgehead atoms. The number of amides is 1. The molecular weight excluding hydrogens is 124 g/mol. The van der Waals surface area contributed by atoms with Crippen LogP contribution in [-0.4, -0.2) is 24.0 Å². The standard InChI is InChI=1S/C3H7NO2.CH3NO/c4-2-1-3(5)6;2-1-3/h1-2,4H2,(H,5,6);1H,(H2,2,3). The first-order valence-corrected chi connectivity index (χ1v) is 2.26. The van der Waals surface area contributed by atoms with Crippen molar-refractivity contribution in [2.75, 3.05) is 6.54 Å². The Morgan fingerprint density at radius 2 is 2.00 bits per heavy atom. The van der Waals surface area contributed by atoms with E-state index in [1.165, 1.54) is 0 Å². The molecule has 0 aliphatic rings. The number of carbonyl (C=O) groups excluding carboxylic acids is 1. The number of aliphatic carboxylic acids is 1. The van der Waals surface area contributed by atoms with Crippen molar-refractivity contribution in [1.82, 2.24) is 0 Å². The number of nitrogens with two attached hydrogens (primary N) is 2. The molecule has 0 rings (SSSR count). The summed E-state index contributed by atoms with van der Waals surface area (Å²) in [6.07, 6.45) is 0.319. The van der Waals surface area contributed by atoms with E-state index in [1.54, 1.807) is 0 Å². The number of carbonyl (C=O) groups is 2. The Morgan fingerprint density at radius 3 is 2.00 bits per heavy atom. The maximum Gasteiger partial charge on any atom is 0.304 e. The van der Waals surface area contributed by atoms with E-state index in [9.17, 15) is 4.79 Å². The average molecular weight is 134 g/mol. The van der Waals surface area contributed by atoms with Crippen LogP contribution in [0.5, 0.6) is 0 Å². The molecule has 0 aromatic rings. The van der Waals surface area contributed by atoms with Crippen LogP contribution in [0.1, 0.15) is 6.42 Å². The second-order valence-corrected chi connectivity index (χ2v) is 1.07. The Bertz CT molecular complexity index is 83.9. The van der Waals surface area contributed by atoms with Crippen molar-refractivity contribution in [2.24, 2.45) is 11.5 Å². The summed E-state index contributed by atoms with van der Waals surface area (Å²) in [6, 6.07) is 0. The highest BCUT2D eigenvalue weighted by Gasteiger charge is 1.87. The van der Waals surface area contributed by atoms with Gasteiger partial charge in [-0.05, 0) is 0 Å². The van der Waals surface area contributed by atoms with Gasteiger partial charge >= 0.3 is 5.97 Å². The maximum atomic E-state index is 9.52. The van der Waals surface area contributed by atoms with Crippen LogP contribution in [0.2, 0.25) is 0 Å². The normalized spacial score (nSPS) is 6.78. The molecule has 0 atom stereocenters. The van der Waals surface area contributed by atoms with Crippen molar-refractivity contribution in [3.8, 4) is 0 Å². The van der Waals surface area contributed by atoms with Crippen LogP contribution in [0.15, 0.2) is 0 Å². The molecule has 0 fully saturated rings. The molecule has 5 nitrogen and oxygen atoms in total. The minimum atomic E-state index is -0.836. The summed E-state index contributed by atoms with van der Waals surface area (Å²) in [5.41, 5.74) is 9.02. The second-order valence-electron chi connectivity index (χ2n) is 1.07. The van der Waals surface area contributed by atoms with Crippen LogP contribution in [0, 0.1) is 0 Å². The lowest BCUT2D eigenvalue weighted by molar-refractivity contribution is -0.136. The third-order valence-corrected chi connectivity index (χ3v) is 0.358. The lowest BCUT2D eigenvalue weighted by Gasteiger charge is -1.80. The largest absolute Gasteiger partial charge is 0.481 e. The van der Waals surface area contributed by atoms with Crippen LogP contribution in [0.25, 0.3) is 0 Å². The van der Waals surface area contributed by atoms with E-state index in [0.717, 1.165) is 0 Å². The van der Waals surface area contributed by atoms with Crippen LogP contribution < -0.4 is 11.5 Å². The van der Waals surface area contributed by atoms with E-state index in [1.807, 2.05) is 0 Å². The van der Waals surface area contributed by atoms with Gasteiger partial charge in [-0.1, -0.05) is 0 Å². The van der Waals surface area contributed by atoms with E-state index < -0.39 is 5.97 Å². The van der Waals surface area contributed by atoms with Gasteiger partial charge in [-0.15, -0.1) is 0 Å². The Morgan fingerprint density at radius 1 is 1.67 bits per heavy atom. The summed E-state index contributed by atoms with van der Waals surface area (Å²) in [6.45, 7) is 0.231. The summed E-state index contributed by atoms with van der Waals surface area (Å²) < 4.78 is 0. The molecule has 0 aliphatic carbocycles. The minimum absolute atomic E-state index is 0.0694. The lowest BCUT2D eigenvalue weighted by atomic mass is 10.5. The van der Waals surface area contributed by atoms with E-state index >= 15 is 0 Å². The second kappa shape index (κ2) is 10.0.